The summed E-state index contributed by atoms with van der Waals surface area (Å²) in [4.78, 5) is 14.4. The maximum Gasteiger partial charge on any atom is 0.318 e. The van der Waals surface area contributed by atoms with Crippen LogP contribution in [0.5, 0.6) is 0 Å². The second-order valence-corrected chi connectivity index (χ2v) is 7.09. The molecule has 5 heteroatoms. The van der Waals surface area contributed by atoms with Crippen molar-refractivity contribution in [2.45, 2.75) is 31.8 Å². The number of amides is 2. The summed E-state index contributed by atoms with van der Waals surface area (Å²) in [6, 6.07) is 13.6. The minimum atomic E-state index is -0.278. The highest BCUT2D eigenvalue weighted by molar-refractivity contribution is 6.30. The number of hydrogen-bond acceptors (Lipinski definition) is 1. The summed E-state index contributed by atoms with van der Waals surface area (Å²) in [6.07, 6.45) is 2.23. The summed E-state index contributed by atoms with van der Waals surface area (Å²) >= 11 is 5.97. The number of rotatable bonds is 5. The maximum atomic E-state index is 13.1. The van der Waals surface area contributed by atoms with E-state index in [9.17, 15) is 9.18 Å². The van der Waals surface area contributed by atoms with Gasteiger partial charge >= 0.3 is 6.03 Å². The summed E-state index contributed by atoms with van der Waals surface area (Å²) in [5.74, 6) is 0.194. The van der Waals surface area contributed by atoms with Gasteiger partial charge in [0.1, 0.15) is 5.82 Å². The fourth-order valence-corrected chi connectivity index (χ4v) is 3.07. The van der Waals surface area contributed by atoms with Crippen molar-refractivity contribution in [3.63, 3.8) is 0 Å². The summed E-state index contributed by atoms with van der Waals surface area (Å²) in [6.45, 7) is 1.93. The minimum absolute atomic E-state index is 0.00682. The lowest BCUT2D eigenvalue weighted by Gasteiger charge is -2.28. The molecule has 0 bridgehead atoms. The molecule has 2 amide bonds. The van der Waals surface area contributed by atoms with Crippen molar-refractivity contribution >= 4 is 17.6 Å². The molecule has 0 spiro atoms. The highest BCUT2D eigenvalue weighted by Crippen LogP contribution is 2.41. The van der Waals surface area contributed by atoms with Crippen molar-refractivity contribution in [3.05, 3.63) is 70.5 Å². The van der Waals surface area contributed by atoms with Crippen LogP contribution < -0.4 is 5.32 Å². The number of hydrogen-bond donors (Lipinski definition) is 1. The van der Waals surface area contributed by atoms with E-state index in [1.54, 1.807) is 24.1 Å². The molecule has 1 fully saturated rings. The first kappa shape index (κ1) is 17.7. The van der Waals surface area contributed by atoms with E-state index >= 15 is 0 Å². The van der Waals surface area contributed by atoms with Gasteiger partial charge in [0, 0.05) is 12.1 Å². The Balaban J connectivity index is 1.70. The van der Waals surface area contributed by atoms with Crippen LogP contribution >= 0.6 is 11.6 Å². The van der Waals surface area contributed by atoms with Crippen molar-refractivity contribution in [2.75, 3.05) is 7.05 Å². The quantitative estimate of drug-likeness (QED) is 0.767. The van der Waals surface area contributed by atoms with Crippen LogP contribution in [0, 0.1) is 11.7 Å². The van der Waals surface area contributed by atoms with Crippen LogP contribution in [0.3, 0.4) is 0 Å². The van der Waals surface area contributed by atoms with Gasteiger partial charge in [0.15, 0.2) is 0 Å². The summed E-state index contributed by atoms with van der Waals surface area (Å²) in [7, 11) is 1.76. The number of benzene rings is 2. The van der Waals surface area contributed by atoms with E-state index in [2.05, 4.69) is 5.32 Å². The minimum Gasteiger partial charge on any atom is -0.331 e. The van der Waals surface area contributed by atoms with Crippen molar-refractivity contribution in [3.8, 4) is 0 Å². The van der Waals surface area contributed by atoms with Crippen LogP contribution in [0.4, 0.5) is 9.18 Å². The van der Waals surface area contributed by atoms with Gasteiger partial charge in [0.2, 0.25) is 0 Å². The molecule has 3 rings (SSSR count). The summed E-state index contributed by atoms with van der Waals surface area (Å²) < 4.78 is 13.1. The maximum absolute atomic E-state index is 13.1. The van der Waals surface area contributed by atoms with Gasteiger partial charge in [-0.15, -0.1) is 0 Å². The lowest BCUT2D eigenvalue weighted by molar-refractivity contribution is 0.189. The van der Waals surface area contributed by atoms with E-state index in [-0.39, 0.29) is 23.9 Å². The molecular weight excluding hydrogens is 339 g/mol. The van der Waals surface area contributed by atoms with Gasteiger partial charge in [-0.2, -0.15) is 0 Å². The Hall–Kier alpha value is -2.07. The Morgan fingerprint density at radius 3 is 2.24 bits per heavy atom. The Bertz CT molecular complexity index is 728. The van der Waals surface area contributed by atoms with Gasteiger partial charge in [-0.25, -0.2) is 9.18 Å². The first-order chi connectivity index (χ1) is 12.0. The fourth-order valence-electron chi connectivity index (χ4n) is 2.95. The molecule has 3 nitrogen and oxygen atoms in total. The molecule has 0 saturated heterocycles. The molecule has 0 aromatic heterocycles. The third-order valence-corrected chi connectivity index (χ3v) is 5.11. The number of nitrogens with one attached hydrogen (secondary N) is 1. The third-order valence-electron chi connectivity index (χ3n) is 4.86. The predicted octanol–water partition coefficient (Wildman–Crippen LogP) is 5.33. The van der Waals surface area contributed by atoms with Gasteiger partial charge in [-0.1, -0.05) is 35.9 Å². The third kappa shape index (κ3) is 4.31. The van der Waals surface area contributed by atoms with Crippen LogP contribution in [-0.4, -0.2) is 18.0 Å². The zero-order valence-corrected chi connectivity index (χ0v) is 15.1. The average molecular weight is 361 g/mol. The second-order valence-electron chi connectivity index (χ2n) is 6.65. The van der Waals surface area contributed by atoms with Gasteiger partial charge < -0.3 is 10.2 Å². The fraction of sp³-hybridized carbons (Fsp3) is 0.350. The van der Waals surface area contributed by atoms with Gasteiger partial charge in [-0.05, 0) is 61.1 Å². The summed E-state index contributed by atoms with van der Waals surface area (Å²) in [5.41, 5.74) is 1.97. The number of halogens is 2. The molecule has 1 saturated carbocycles. The number of nitrogens with zero attached hydrogens (tertiary/aromatic N) is 1. The standard InChI is InChI=1S/C20H22ClFN2O/c1-13(14-7-11-18(22)12-8-14)24(2)20(25)23-19(15-3-4-15)16-5-9-17(21)10-6-16/h5-13,15,19H,3-4H2,1-2H3,(H,23,25)/t13-,19+/m0/s1. The number of carbonyl (C=O) groups excluding carboxylic acids is 1. The topological polar surface area (TPSA) is 32.3 Å². The highest BCUT2D eigenvalue weighted by atomic mass is 35.5. The molecule has 0 unspecified atom stereocenters. The zero-order chi connectivity index (χ0) is 18.0. The Morgan fingerprint density at radius 1 is 1.12 bits per heavy atom. The lowest BCUT2D eigenvalue weighted by atomic mass is 10.0. The first-order valence-corrected chi connectivity index (χ1v) is 8.88. The molecule has 2 aromatic carbocycles. The van der Waals surface area contributed by atoms with Crippen LogP contribution in [-0.2, 0) is 0 Å². The molecule has 132 valence electrons. The molecule has 1 aliphatic carbocycles. The first-order valence-electron chi connectivity index (χ1n) is 8.50. The van der Waals surface area contributed by atoms with Crippen molar-refractivity contribution in [1.29, 1.82) is 0 Å². The largest absolute Gasteiger partial charge is 0.331 e. The van der Waals surface area contributed by atoms with Crippen LogP contribution in [0.2, 0.25) is 5.02 Å². The molecule has 25 heavy (non-hydrogen) atoms. The van der Waals surface area contributed by atoms with Crippen molar-refractivity contribution < 1.29 is 9.18 Å². The van der Waals surface area contributed by atoms with Crippen LogP contribution in [0.25, 0.3) is 0 Å². The van der Waals surface area contributed by atoms with Gasteiger partial charge in [0.05, 0.1) is 12.1 Å². The molecule has 1 aliphatic rings. The Morgan fingerprint density at radius 2 is 1.68 bits per heavy atom. The SMILES string of the molecule is C[C@@H](c1ccc(F)cc1)N(C)C(=O)N[C@@H](c1ccc(Cl)cc1)C1CC1. The van der Waals surface area contributed by atoms with Gasteiger partial charge in [0.25, 0.3) is 0 Å². The zero-order valence-electron chi connectivity index (χ0n) is 14.4. The molecular formula is C20H22ClFN2O. The average Bonchev–Trinajstić information content (AvgIpc) is 3.45. The molecule has 2 atom stereocenters. The molecule has 1 N–H and O–H groups in total. The smallest absolute Gasteiger partial charge is 0.318 e. The monoisotopic (exact) mass is 360 g/mol. The Labute approximate surface area is 152 Å². The number of urea groups is 1. The van der Waals surface area contributed by atoms with E-state index in [1.807, 2.05) is 31.2 Å². The molecule has 2 aromatic rings. The predicted molar refractivity (Wildman–Crippen MR) is 98.0 cm³/mol. The summed E-state index contributed by atoms with van der Waals surface area (Å²) in [5, 5.41) is 3.83. The normalized spacial score (nSPS) is 16.2. The number of carbonyl (C=O) groups is 1. The highest BCUT2D eigenvalue weighted by Gasteiger charge is 2.34. The second kappa shape index (κ2) is 7.44. The van der Waals surface area contributed by atoms with Gasteiger partial charge in [-0.3, -0.25) is 0 Å². The van der Waals surface area contributed by atoms with E-state index < -0.39 is 0 Å². The molecule has 0 radical (unpaired) electrons. The van der Waals surface area contributed by atoms with E-state index in [1.165, 1.54) is 12.1 Å². The van der Waals surface area contributed by atoms with E-state index in [4.69, 9.17) is 11.6 Å². The molecule has 0 heterocycles. The van der Waals surface area contributed by atoms with Crippen molar-refractivity contribution in [2.24, 2.45) is 5.92 Å². The van der Waals surface area contributed by atoms with Crippen molar-refractivity contribution in [1.82, 2.24) is 10.2 Å². The van der Waals surface area contributed by atoms with E-state index in [0.29, 0.717) is 10.9 Å². The molecule has 0 aliphatic heterocycles. The lowest BCUT2D eigenvalue weighted by Crippen LogP contribution is -2.41. The van der Waals surface area contributed by atoms with Crippen LogP contribution in [0.15, 0.2) is 48.5 Å². The Kier molecular flexibility index (Phi) is 5.28. The van der Waals surface area contributed by atoms with Crippen LogP contribution in [0.1, 0.15) is 43.0 Å². The van der Waals surface area contributed by atoms with E-state index in [0.717, 1.165) is 24.0 Å².